The summed E-state index contributed by atoms with van der Waals surface area (Å²) >= 11 is 0. The fourth-order valence-corrected chi connectivity index (χ4v) is 3.98. The smallest absolute Gasteiger partial charge is 0.387 e. The molecule has 1 heterocycles. The summed E-state index contributed by atoms with van der Waals surface area (Å²) in [6.45, 7) is -0.141. The summed E-state index contributed by atoms with van der Waals surface area (Å²) in [6, 6.07) is 19.8. The van der Waals surface area contributed by atoms with Gasteiger partial charge in [0.2, 0.25) is 0 Å². The second-order valence-corrected chi connectivity index (χ2v) is 8.31. The number of ether oxygens (including phenoxy) is 1. The molecule has 0 aromatic heterocycles. The quantitative estimate of drug-likeness (QED) is 0.551. The number of hydrogen-bond acceptors (Lipinski definition) is 4. The number of hydrogen-bond donors (Lipinski definition) is 1. The number of aryl methyl sites for hydroxylation is 1. The van der Waals surface area contributed by atoms with Crippen LogP contribution in [-0.4, -0.2) is 60.3 Å². The van der Waals surface area contributed by atoms with Gasteiger partial charge in [-0.3, -0.25) is 14.4 Å². The van der Waals surface area contributed by atoms with Crippen molar-refractivity contribution in [2.24, 2.45) is 0 Å². The Labute approximate surface area is 207 Å². The predicted molar refractivity (Wildman–Crippen MR) is 130 cm³/mol. The van der Waals surface area contributed by atoms with Gasteiger partial charge in [-0.2, -0.15) is 8.78 Å². The molecule has 0 spiro atoms. The summed E-state index contributed by atoms with van der Waals surface area (Å²) in [5.74, 6) is -1.11. The number of para-hydroxylation sites is 1. The minimum Gasteiger partial charge on any atom is -0.434 e. The molecule has 3 aromatic rings. The zero-order valence-electron chi connectivity index (χ0n) is 19.6. The zero-order chi connectivity index (χ0) is 25.7. The molecular formula is C27H25F2N3O4. The van der Waals surface area contributed by atoms with Crippen LogP contribution in [0.3, 0.4) is 0 Å². The third-order valence-corrected chi connectivity index (χ3v) is 5.96. The molecule has 0 atom stereocenters. The molecule has 3 amide bonds. The van der Waals surface area contributed by atoms with Crippen molar-refractivity contribution in [3.63, 3.8) is 0 Å². The van der Waals surface area contributed by atoms with Crippen molar-refractivity contribution in [2.45, 2.75) is 13.5 Å². The predicted octanol–water partition coefficient (Wildman–Crippen LogP) is 4.45. The number of carbonyl (C=O) groups is 3. The van der Waals surface area contributed by atoms with Crippen LogP contribution in [0.4, 0.5) is 14.5 Å². The van der Waals surface area contributed by atoms with Gasteiger partial charge in [-0.15, -0.1) is 0 Å². The first-order valence-electron chi connectivity index (χ1n) is 11.4. The molecule has 0 radical (unpaired) electrons. The zero-order valence-corrected chi connectivity index (χ0v) is 19.6. The monoisotopic (exact) mass is 493 g/mol. The van der Waals surface area contributed by atoms with E-state index >= 15 is 0 Å². The molecule has 7 nitrogen and oxygen atoms in total. The lowest BCUT2D eigenvalue weighted by Gasteiger charge is -2.35. The largest absolute Gasteiger partial charge is 0.434 e. The van der Waals surface area contributed by atoms with Gasteiger partial charge in [0, 0.05) is 43.0 Å². The van der Waals surface area contributed by atoms with E-state index in [0.29, 0.717) is 16.8 Å². The van der Waals surface area contributed by atoms with E-state index in [1.807, 2.05) is 13.0 Å². The van der Waals surface area contributed by atoms with E-state index in [-0.39, 0.29) is 49.3 Å². The summed E-state index contributed by atoms with van der Waals surface area (Å²) in [7, 11) is 0. The topological polar surface area (TPSA) is 79.0 Å². The third-order valence-electron chi connectivity index (χ3n) is 5.96. The fourth-order valence-electron chi connectivity index (χ4n) is 3.98. The fraction of sp³-hybridized carbons (Fsp3) is 0.222. The summed E-state index contributed by atoms with van der Waals surface area (Å²) in [4.78, 5) is 41.7. The van der Waals surface area contributed by atoms with Gasteiger partial charge in [0.1, 0.15) is 5.75 Å². The van der Waals surface area contributed by atoms with Crippen molar-refractivity contribution >= 4 is 23.4 Å². The van der Waals surface area contributed by atoms with E-state index < -0.39 is 12.5 Å². The van der Waals surface area contributed by atoms with Crippen molar-refractivity contribution in [3.8, 4) is 5.75 Å². The molecule has 186 valence electrons. The number of alkyl halides is 2. The first-order valence-corrected chi connectivity index (χ1v) is 11.4. The van der Waals surface area contributed by atoms with Gasteiger partial charge in [0.15, 0.2) is 0 Å². The lowest BCUT2D eigenvalue weighted by atomic mass is 10.1. The second kappa shape index (κ2) is 11.0. The number of nitrogens with one attached hydrogen (secondary N) is 1. The van der Waals surface area contributed by atoms with Gasteiger partial charge in [0.25, 0.3) is 17.7 Å². The maximum atomic E-state index is 13.1. The van der Waals surface area contributed by atoms with Crippen LogP contribution in [0.5, 0.6) is 5.75 Å². The number of amides is 3. The third kappa shape index (κ3) is 5.68. The Morgan fingerprint density at radius 2 is 1.42 bits per heavy atom. The molecule has 9 heteroatoms. The van der Waals surface area contributed by atoms with Crippen LogP contribution in [0, 0.1) is 6.92 Å². The standard InChI is InChI=1S/C27H25F2N3O4/c1-18-11-12-20(17-22(18)30-24(33)19-7-3-2-4-8-19)25(34)31-13-15-32(16-14-31)26(35)21-9-5-6-10-23(21)36-27(28)29/h2-12,17,27H,13-16H2,1H3,(H,30,33). The van der Waals surface area contributed by atoms with E-state index in [4.69, 9.17) is 0 Å². The molecule has 0 bridgehead atoms. The Hall–Kier alpha value is -4.27. The number of piperazine rings is 1. The maximum Gasteiger partial charge on any atom is 0.387 e. The number of carbonyl (C=O) groups excluding carboxylic acids is 3. The molecule has 3 aromatic carbocycles. The van der Waals surface area contributed by atoms with Crippen molar-refractivity contribution in [2.75, 3.05) is 31.5 Å². The molecule has 1 saturated heterocycles. The molecule has 0 saturated carbocycles. The van der Waals surface area contributed by atoms with Crippen LogP contribution in [0.15, 0.2) is 72.8 Å². The second-order valence-electron chi connectivity index (χ2n) is 8.31. The molecular weight excluding hydrogens is 468 g/mol. The first-order chi connectivity index (χ1) is 17.3. The van der Waals surface area contributed by atoms with E-state index in [1.165, 1.54) is 23.1 Å². The average Bonchev–Trinajstić information content (AvgIpc) is 2.89. The van der Waals surface area contributed by atoms with Gasteiger partial charge in [-0.1, -0.05) is 36.4 Å². The molecule has 4 rings (SSSR count). The summed E-state index contributed by atoms with van der Waals surface area (Å²) in [6.07, 6.45) is 0. The highest BCUT2D eigenvalue weighted by Gasteiger charge is 2.27. The van der Waals surface area contributed by atoms with Crippen LogP contribution in [0.1, 0.15) is 36.6 Å². The van der Waals surface area contributed by atoms with E-state index in [2.05, 4.69) is 10.1 Å². The lowest BCUT2D eigenvalue weighted by molar-refractivity contribution is -0.0503. The van der Waals surface area contributed by atoms with Gasteiger partial charge in [-0.05, 0) is 48.9 Å². The Kier molecular flexibility index (Phi) is 7.58. The molecule has 1 N–H and O–H groups in total. The summed E-state index contributed by atoms with van der Waals surface area (Å²) < 4.78 is 29.9. The molecule has 36 heavy (non-hydrogen) atoms. The van der Waals surface area contributed by atoms with Crippen molar-refractivity contribution in [1.29, 1.82) is 0 Å². The number of benzene rings is 3. The van der Waals surface area contributed by atoms with Crippen LogP contribution in [-0.2, 0) is 0 Å². The van der Waals surface area contributed by atoms with Crippen LogP contribution in [0.25, 0.3) is 0 Å². The highest BCUT2D eigenvalue weighted by atomic mass is 19.3. The Morgan fingerprint density at radius 1 is 0.806 bits per heavy atom. The van der Waals surface area contributed by atoms with E-state index in [9.17, 15) is 23.2 Å². The van der Waals surface area contributed by atoms with Gasteiger partial charge >= 0.3 is 6.61 Å². The van der Waals surface area contributed by atoms with Crippen LogP contribution < -0.4 is 10.1 Å². The average molecular weight is 494 g/mol. The number of rotatable bonds is 6. The lowest BCUT2D eigenvalue weighted by Crippen LogP contribution is -2.50. The molecule has 1 aliphatic rings. The number of nitrogens with zero attached hydrogens (tertiary/aromatic N) is 2. The van der Waals surface area contributed by atoms with Gasteiger partial charge < -0.3 is 19.9 Å². The summed E-state index contributed by atoms with van der Waals surface area (Å²) in [5.41, 5.74) is 2.33. The summed E-state index contributed by atoms with van der Waals surface area (Å²) in [5, 5.41) is 2.86. The minimum atomic E-state index is -3.04. The number of halogens is 2. The van der Waals surface area contributed by atoms with Gasteiger partial charge in [0.05, 0.1) is 5.56 Å². The minimum absolute atomic E-state index is 0.0508. The van der Waals surface area contributed by atoms with Crippen LogP contribution in [0.2, 0.25) is 0 Å². The first kappa shape index (κ1) is 24.8. The van der Waals surface area contributed by atoms with E-state index in [1.54, 1.807) is 53.4 Å². The maximum absolute atomic E-state index is 13.1. The molecule has 0 unspecified atom stereocenters. The van der Waals surface area contributed by atoms with E-state index in [0.717, 1.165) is 5.56 Å². The molecule has 0 aliphatic carbocycles. The van der Waals surface area contributed by atoms with Crippen molar-refractivity contribution in [1.82, 2.24) is 9.80 Å². The highest BCUT2D eigenvalue weighted by molar-refractivity contribution is 6.05. The Morgan fingerprint density at radius 3 is 2.08 bits per heavy atom. The normalized spacial score (nSPS) is 13.4. The number of anilines is 1. The SMILES string of the molecule is Cc1ccc(C(=O)N2CCN(C(=O)c3ccccc3OC(F)F)CC2)cc1NC(=O)c1ccccc1. The van der Waals surface area contributed by atoms with Gasteiger partial charge in [-0.25, -0.2) is 0 Å². The highest BCUT2D eigenvalue weighted by Crippen LogP contribution is 2.24. The van der Waals surface area contributed by atoms with Crippen molar-refractivity contribution < 1.29 is 27.9 Å². The Bertz CT molecular complexity index is 1260. The van der Waals surface area contributed by atoms with Crippen molar-refractivity contribution in [3.05, 3.63) is 95.1 Å². The Balaban J connectivity index is 1.41. The van der Waals surface area contributed by atoms with Crippen LogP contribution >= 0.6 is 0 Å². The molecule has 1 fully saturated rings. The molecule has 1 aliphatic heterocycles.